The van der Waals surface area contributed by atoms with Crippen molar-refractivity contribution in [2.24, 2.45) is 0 Å². The number of fused-ring (bicyclic) bond motifs is 1. The number of rotatable bonds is 4. The van der Waals surface area contributed by atoms with Crippen LogP contribution in [-0.2, 0) is 6.54 Å². The van der Waals surface area contributed by atoms with Crippen molar-refractivity contribution in [2.45, 2.75) is 19.0 Å². The molecule has 0 saturated carbocycles. The molecule has 0 spiro atoms. The first-order valence-corrected chi connectivity index (χ1v) is 9.23. The van der Waals surface area contributed by atoms with Crippen molar-refractivity contribution in [3.8, 4) is 0 Å². The van der Waals surface area contributed by atoms with Crippen LogP contribution in [0.3, 0.4) is 0 Å². The Morgan fingerprint density at radius 3 is 2.84 bits per heavy atom. The normalized spacial score (nSPS) is 17.9. The number of hydrogen-bond donors (Lipinski definition) is 1. The fraction of sp³-hybridized carbons (Fsp3) is 0.250. The molecule has 0 radical (unpaired) electrons. The van der Waals surface area contributed by atoms with Gasteiger partial charge >= 0.3 is 5.63 Å². The third-order valence-electron chi connectivity index (χ3n) is 4.60. The van der Waals surface area contributed by atoms with Gasteiger partial charge in [0.25, 0.3) is 0 Å². The molecule has 1 atom stereocenters. The monoisotopic (exact) mass is 398 g/mol. The summed E-state index contributed by atoms with van der Waals surface area (Å²) < 4.78 is 6.24. The molecule has 2 aromatic carbocycles. The Morgan fingerprint density at radius 2 is 2.00 bits per heavy atom. The smallest absolute Gasteiger partial charge is 0.336 e. The first kappa shape index (κ1) is 16.4. The molecule has 3 aromatic rings. The van der Waals surface area contributed by atoms with Crippen LogP contribution in [0, 0.1) is 0 Å². The Kier molecular flexibility index (Phi) is 4.59. The topological polar surface area (TPSA) is 45.5 Å². The average Bonchev–Trinajstić information content (AvgIpc) is 3.02. The van der Waals surface area contributed by atoms with E-state index in [0.29, 0.717) is 11.6 Å². The number of nitrogens with one attached hydrogen (secondary N) is 1. The zero-order valence-corrected chi connectivity index (χ0v) is 15.3. The summed E-state index contributed by atoms with van der Waals surface area (Å²) in [7, 11) is 0. The van der Waals surface area contributed by atoms with Gasteiger partial charge in [0.15, 0.2) is 0 Å². The highest BCUT2D eigenvalue weighted by molar-refractivity contribution is 9.10. The van der Waals surface area contributed by atoms with Gasteiger partial charge < -0.3 is 9.73 Å². The van der Waals surface area contributed by atoms with Crippen molar-refractivity contribution >= 4 is 32.6 Å². The van der Waals surface area contributed by atoms with Crippen LogP contribution in [0.15, 0.2) is 68.3 Å². The molecule has 25 heavy (non-hydrogen) atoms. The van der Waals surface area contributed by atoms with Crippen molar-refractivity contribution < 1.29 is 4.42 Å². The molecule has 1 aliphatic heterocycles. The van der Waals surface area contributed by atoms with Gasteiger partial charge in [0, 0.05) is 47.3 Å². The van der Waals surface area contributed by atoms with Crippen LogP contribution in [0.5, 0.6) is 0 Å². The number of likely N-dealkylation sites (tertiary alicyclic amines) is 1. The number of nitrogens with zero attached hydrogens (tertiary/aromatic N) is 1. The molecule has 0 aliphatic carbocycles. The van der Waals surface area contributed by atoms with Gasteiger partial charge in [-0.3, -0.25) is 4.90 Å². The molecular formula is C20H19BrN2O2. The minimum absolute atomic E-state index is 0.293. The van der Waals surface area contributed by atoms with E-state index in [2.05, 4.69) is 38.3 Å². The number of para-hydroxylation sites is 1. The quantitative estimate of drug-likeness (QED) is 0.667. The molecule has 5 heteroatoms. The van der Waals surface area contributed by atoms with Crippen LogP contribution in [-0.4, -0.2) is 24.0 Å². The lowest BCUT2D eigenvalue weighted by molar-refractivity contribution is 0.329. The van der Waals surface area contributed by atoms with E-state index in [1.165, 1.54) is 0 Å². The van der Waals surface area contributed by atoms with Gasteiger partial charge in [-0.1, -0.05) is 34.1 Å². The lowest BCUT2D eigenvalue weighted by atomic mass is 10.1. The fourth-order valence-corrected chi connectivity index (χ4v) is 3.78. The maximum Gasteiger partial charge on any atom is 0.336 e. The van der Waals surface area contributed by atoms with Crippen molar-refractivity contribution in [3.05, 3.63) is 75.1 Å². The maximum absolute atomic E-state index is 11.9. The van der Waals surface area contributed by atoms with E-state index < -0.39 is 0 Å². The standard InChI is InChI=1S/C20H19BrN2O2/c21-15-6-7-18-14(10-20(24)25-19(18)11-15)12-23-9-8-17(13-23)22-16-4-2-1-3-5-16/h1-7,10-11,17,22H,8-9,12-13H2. The van der Waals surface area contributed by atoms with Gasteiger partial charge in [0.1, 0.15) is 5.58 Å². The summed E-state index contributed by atoms with van der Waals surface area (Å²) in [4.78, 5) is 14.3. The Morgan fingerprint density at radius 1 is 1.16 bits per heavy atom. The van der Waals surface area contributed by atoms with E-state index >= 15 is 0 Å². The van der Waals surface area contributed by atoms with Crippen LogP contribution < -0.4 is 10.9 Å². The number of anilines is 1. The molecule has 1 aromatic heterocycles. The van der Waals surface area contributed by atoms with Gasteiger partial charge in [-0.05, 0) is 42.3 Å². The van der Waals surface area contributed by atoms with E-state index in [1.807, 2.05) is 36.4 Å². The van der Waals surface area contributed by atoms with E-state index in [9.17, 15) is 4.79 Å². The first-order chi connectivity index (χ1) is 12.2. The van der Waals surface area contributed by atoms with Crippen LogP contribution in [0.25, 0.3) is 11.0 Å². The van der Waals surface area contributed by atoms with Gasteiger partial charge in [-0.25, -0.2) is 4.79 Å². The zero-order chi connectivity index (χ0) is 17.2. The summed E-state index contributed by atoms with van der Waals surface area (Å²) in [6.45, 7) is 2.74. The van der Waals surface area contributed by atoms with Gasteiger partial charge in [-0.15, -0.1) is 0 Å². The summed E-state index contributed by atoms with van der Waals surface area (Å²) in [5, 5.41) is 4.59. The van der Waals surface area contributed by atoms with Crippen molar-refractivity contribution in [1.29, 1.82) is 0 Å². The van der Waals surface area contributed by atoms with Crippen LogP contribution in [0.4, 0.5) is 5.69 Å². The van der Waals surface area contributed by atoms with Gasteiger partial charge in [-0.2, -0.15) is 0 Å². The Bertz CT molecular complexity index is 939. The molecule has 1 saturated heterocycles. The lowest BCUT2D eigenvalue weighted by Crippen LogP contribution is -2.26. The molecule has 1 aliphatic rings. The summed E-state index contributed by atoms with van der Waals surface area (Å²) in [5.41, 5.74) is 2.53. The predicted molar refractivity (Wildman–Crippen MR) is 104 cm³/mol. The maximum atomic E-state index is 11.9. The zero-order valence-electron chi connectivity index (χ0n) is 13.7. The fourth-order valence-electron chi connectivity index (χ4n) is 3.44. The molecule has 1 N–H and O–H groups in total. The van der Waals surface area contributed by atoms with E-state index in [4.69, 9.17) is 4.42 Å². The second-order valence-corrected chi connectivity index (χ2v) is 7.38. The average molecular weight is 399 g/mol. The van der Waals surface area contributed by atoms with Crippen LogP contribution in [0.2, 0.25) is 0 Å². The molecule has 0 amide bonds. The molecule has 2 heterocycles. The lowest BCUT2D eigenvalue weighted by Gasteiger charge is -2.18. The van der Waals surface area contributed by atoms with Crippen LogP contribution >= 0.6 is 15.9 Å². The van der Waals surface area contributed by atoms with E-state index in [1.54, 1.807) is 6.07 Å². The molecule has 1 unspecified atom stereocenters. The van der Waals surface area contributed by atoms with E-state index in [-0.39, 0.29) is 5.63 Å². The summed E-state index contributed by atoms with van der Waals surface area (Å²) in [6, 6.07) is 18.2. The van der Waals surface area contributed by atoms with Crippen molar-refractivity contribution in [3.63, 3.8) is 0 Å². The second kappa shape index (κ2) is 7.02. The third-order valence-corrected chi connectivity index (χ3v) is 5.10. The number of benzene rings is 2. The Hall–Kier alpha value is -2.11. The van der Waals surface area contributed by atoms with Crippen molar-refractivity contribution in [1.82, 2.24) is 4.90 Å². The number of halogens is 1. The highest BCUT2D eigenvalue weighted by atomic mass is 79.9. The molecule has 128 valence electrons. The highest BCUT2D eigenvalue weighted by Crippen LogP contribution is 2.24. The molecule has 1 fully saturated rings. The van der Waals surface area contributed by atoms with Crippen molar-refractivity contribution in [2.75, 3.05) is 18.4 Å². The third kappa shape index (κ3) is 3.78. The molecule has 4 nitrogen and oxygen atoms in total. The SMILES string of the molecule is O=c1cc(CN2CCC(Nc3ccccc3)C2)c2ccc(Br)cc2o1. The minimum atomic E-state index is -0.293. The molecular weight excluding hydrogens is 380 g/mol. The Balaban J connectivity index is 1.50. The summed E-state index contributed by atoms with van der Waals surface area (Å²) >= 11 is 3.43. The summed E-state index contributed by atoms with van der Waals surface area (Å²) in [5.74, 6) is 0. The van der Waals surface area contributed by atoms with Gasteiger partial charge in [0.2, 0.25) is 0 Å². The van der Waals surface area contributed by atoms with Crippen LogP contribution in [0.1, 0.15) is 12.0 Å². The minimum Gasteiger partial charge on any atom is -0.423 e. The highest BCUT2D eigenvalue weighted by Gasteiger charge is 2.23. The second-order valence-electron chi connectivity index (χ2n) is 6.46. The number of hydrogen-bond acceptors (Lipinski definition) is 4. The van der Waals surface area contributed by atoms with Gasteiger partial charge in [0.05, 0.1) is 0 Å². The molecule has 0 bridgehead atoms. The Labute approximate surface area is 154 Å². The predicted octanol–water partition coefficient (Wildman–Crippen LogP) is 4.24. The molecule has 4 rings (SSSR count). The summed E-state index contributed by atoms with van der Waals surface area (Å²) in [6.07, 6.45) is 1.10. The largest absolute Gasteiger partial charge is 0.423 e. The van der Waals surface area contributed by atoms with E-state index in [0.717, 1.165) is 47.2 Å². The first-order valence-electron chi connectivity index (χ1n) is 8.43.